The van der Waals surface area contributed by atoms with E-state index in [-0.39, 0.29) is 11.8 Å². The zero-order valence-corrected chi connectivity index (χ0v) is 12.5. The zero-order chi connectivity index (χ0) is 15.9. The summed E-state index contributed by atoms with van der Waals surface area (Å²) in [7, 11) is 0. The van der Waals surface area contributed by atoms with E-state index in [0.717, 1.165) is 5.56 Å². The molecule has 0 aliphatic rings. The zero-order valence-electron chi connectivity index (χ0n) is 12.5. The van der Waals surface area contributed by atoms with Crippen LogP contribution in [0.3, 0.4) is 0 Å². The highest BCUT2D eigenvalue weighted by atomic mass is 16.2. The van der Waals surface area contributed by atoms with Crippen LogP contribution in [0.15, 0.2) is 59.7 Å². The summed E-state index contributed by atoms with van der Waals surface area (Å²) in [6, 6.07) is 16.3. The molecule has 0 radical (unpaired) electrons. The molecule has 0 unspecified atom stereocenters. The van der Waals surface area contributed by atoms with E-state index in [1.807, 2.05) is 30.3 Å². The van der Waals surface area contributed by atoms with E-state index in [9.17, 15) is 9.59 Å². The van der Waals surface area contributed by atoms with Crippen molar-refractivity contribution >= 4 is 23.2 Å². The van der Waals surface area contributed by atoms with Gasteiger partial charge in [0.25, 0.3) is 5.91 Å². The first-order chi connectivity index (χ1) is 10.6. The fourth-order valence-corrected chi connectivity index (χ4v) is 1.81. The number of nitrogens with one attached hydrogen (secondary N) is 2. The Morgan fingerprint density at radius 2 is 1.50 bits per heavy atom. The summed E-state index contributed by atoms with van der Waals surface area (Å²) in [5.74, 6) is -0.372. The highest BCUT2D eigenvalue weighted by Crippen LogP contribution is 2.12. The maximum atomic E-state index is 12.0. The Morgan fingerprint density at radius 3 is 2.09 bits per heavy atom. The summed E-state index contributed by atoms with van der Waals surface area (Å²) in [6.45, 7) is 3.20. The van der Waals surface area contributed by atoms with Crippen molar-refractivity contribution in [2.75, 3.05) is 5.32 Å². The van der Waals surface area contributed by atoms with Crippen LogP contribution in [0.4, 0.5) is 5.69 Å². The van der Waals surface area contributed by atoms with Crippen molar-refractivity contribution in [1.82, 2.24) is 5.43 Å². The molecule has 2 aromatic rings. The van der Waals surface area contributed by atoms with Crippen LogP contribution < -0.4 is 10.7 Å². The number of carbonyl (C=O) groups excluding carboxylic acids is 2. The molecule has 0 aliphatic carbocycles. The van der Waals surface area contributed by atoms with Gasteiger partial charge in [-0.2, -0.15) is 5.10 Å². The van der Waals surface area contributed by atoms with E-state index in [2.05, 4.69) is 15.8 Å². The second-order valence-electron chi connectivity index (χ2n) is 4.76. The molecule has 0 heterocycles. The van der Waals surface area contributed by atoms with Crippen molar-refractivity contribution in [3.63, 3.8) is 0 Å². The van der Waals surface area contributed by atoms with Crippen LogP contribution >= 0.6 is 0 Å². The summed E-state index contributed by atoms with van der Waals surface area (Å²) < 4.78 is 0. The Hall–Kier alpha value is -2.95. The average Bonchev–Trinajstić information content (AvgIpc) is 2.54. The van der Waals surface area contributed by atoms with Gasteiger partial charge in [0.1, 0.15) is 0 Å². The first-order valence-corrected chi connectivity index (χ1v) is 6.84. The Balaban J connectivity index is 2.05. The maximum absolute atomic E-state index is 12.0. The van der Waals surface area contributed by atoms with Crippen LogP contribution in [0, 0.1) is 0 Å². The lowest BCUT2D eigenvalue weighted by molar-refractivity contribution is -0.118. The fourth-order valence-electron chi connectivity index (χ4n) is 1.81. The van der Waals surface area contributed by atoms with Crippen LogP contribution in [-0.2, 0) is 4.79 Å². The normalized spacial score (nSPS) is 10.9. The maximum Gasteiger partial charge on any atom is 0.255 e. The van der Waals surface area contributed by atoms with Gasteiger partial charge in [-0.05, 0) is 36.8 Å². The standard InChI is InChI=1S/C17H17N3O2/c1-12(19-20-13(2)21)14-8-10-16(11-9-14)18-17(22)15-6-4-3-5-7-15/h3-11H,1-2H3,(H,18,22)(H,20,21)/b19-12-. The predicted molar refractivity (Wildman–Crippen MR) is 86.9 cm³/mol. The topological polar surface area (TPSA) is 70.6 Å². The Labute approximate surface area is 129 Å². The van der Waals surface area contributed by atoms with Crippen LogP contribution in [0.5, 0.6) is 0 Å². The van der Waals surface area contributed by atoms with Crippen LogP contribution in [-0.4, -0.2) is 17.5 Å². The molecule has 0 saturated carbocycles. The van der Waals surface area contributed by atoms with Gasteiger partial charge in [-0.3, -0.25) is 9.59 Å². The van der Waals surface area contributed by atoms with Crippen LogP contribution in [0.2, 0.25) is 0 Å². The van der Waals surface area contributed by atoms with Crippen molar-refractivity contribution in [2.24, 2.45) is 5.10 Å². The van der Waals surface area contributed by atoms with Gasteiger partial charge in [0.05, 0.1) is 5.71 Å². The van der Waals surface area contributed by atoms with E-state index in [1.54, 1.807) is 31.2 Å². The number of amides is 2. The monoisotopic (exact) mass is 295 g/mol. The average molecular weight is 295 g/mol. The minimum absolute atomic E-state index is 0.156. The van der Waals surface area contributed by atoms with Gasteiger partial charge >= 0.3 is 0 Å². The molecule has 0 fully saturated rings. The van der Waals surface area contributed by atoms with E-state index in [1.165, 1.54) is 6.92 Å². The molecule has 0 atom stereocenters. The van der Waals surface area contributed by atoms with E-state index < -0.39 is 0 Å². The molecule has 2 N–H and O–H groups in total. The molecular formula is C17H17N3O2. The highest BCUT2D eigenvalue weighted by molar-refractivity contribution is 6.04. The number of hydrogen-bond acceptors (Lipinski definition) is 3. The molecule has 2 aromatic carbocycles. The molecular weight excluding hydrogens is 278 g/mol. The van der Waals surface area contributed by atoms with Gasteiger partial charge in [-0.25, -0.2) is 5.43 Å². The Kier molecular flexibility index (Phi) is 5.03. The lowest BCUT2D eigenvalue weighted by atomic mass is 10.1. The summed E-state index contributed by atoms with van der Waals surface area (Å²) >= 11 is 0. The molecule has 0 spiro atoms. The fraction of sp³-hybridized carbons (Fsp3) is 0.118. The van der Waals surface area contributed by atoms with Gasteiger partial charge in [-0.15, -0.1) is 0 Å². The third-order valence-electron chi connectivity index (χ3n) is 2.98. The van der Waals surface area contributed by atoms with Crippen LogP contribution in [0.1, 0.15) is 29.8 Å². The highest BCUT2D eigenvalue weighted by Gasteiger charge is 2.05. The molecule has 5 nitrogen and oxygen atoms in total. The third kappa shape index (κ3) is 4.28. The lowest BCUT2D eigenvalue weighted by Gasteiger charge is -2.06. The smallest absolute Gasteiger partial charge is 0.255 e. The molecule has 0 aliphatic heterocycles. The molecule has 0 saturated heterocycles. The minimum Gasteiger partial charge on any atom is -0.322 e. The van der Waals surface area contributed by atoms with Crippen molar-refractivity contribution in [1.29, 1.82) is 0 Å². The van der Waals surface area contributed by atoms with Gasteiger partial charge in [0, 0.05) is 18.2 Å². The van der Waals surface area contributed by atoms with Crippen molar-refractivity contribution in [2.45, 2.75) is 13.8 Å². The first-order valence-electron chi connectivity index (χ1n) is 6.84. The summed E-state index contributed by atoms with van der Waals surface area (Å²) in [5.41, 5.74) is 5.25. The SMILES string of the molecule is CC(=O)N/N=C(/C)c1ccc(NC(=O)c2ccccc2)cc1. The molecule has 22 heavy (non-hydrogen) atoms. The van der Waals surface area contributed by atoms with Crippen LogP contribution in [0.25, 0.3) is 0 Å². The second kappa shape index (κ2) is 7.17. The van der Waals surface area contributed by atoms with Crippen molar-refractivity contribution < 1.29 is 9.59 Å². The largest absolute Gasteiger partial charge is 0.322 e. The van der Waals surface area contributed by atoms with Gasteiger partial charge in [0.2, 0.25) is 5.91 Å². The van der Waals surface area contributed by atoms with Gasteiger partial charge < -0.3 is 5.32 Å². The van der Waals surface area contributed by atoms with E-state index >= 15 is 0 Å². The first kappa shape index (κ1) is 15.4. The number of carbonyl (C=O) groups is 2. The molecule has 0 aromatic heterocycles. The third-order valence-corrected chi connectivity index (χ3v) is 2.98. The van der Waals surface area contributed by atoms with Crippen molar-refractivity contribution in [3.8, 4) is 0 Å². The number of hydrazone groups is 1. The minimum atomic E-state index is -0.217. The number of rotatable bonds is 4. The summed E-state index contributed by atoms with van der Waals surface area (Å²) in [4.78, 5) is 22.9. The Bertz CT molecular complexity index is 692. The molecule has 2 amide bonds. The second-order valence-corrected chi connectivity index (χ2v) is 4.76. The van der Waals surface area contributed by atoms with Gasteiger partial charge in [-0.1, -0.05) is 30.3 Å². The summed E-state index contributed by atoms with van der Waals surface area (Å²) in [5, 5.41) is 6.79. The van der Waals surface area contributed by atoms with E-state index in [0.29, 0.717) is 17.0 Å². The predicted octanol–water partition coefficient (Wildman–Crippen LogP) is 2.80. The number of anilines is 1. The van der Waals surface area contributed by atoms with E-state index in [4.69, 9.17) is 0 Å². The summed E-state index contributed by atoms with van der Waals surface area (Å²) in [6.07, 6.45) is 0. The quantitative estimate of drug-likeness (QED) is 0.672. The molecule has 2 rings (SSSR count). The number of benzene rings is 2. The Morgan fingerprint density at radius 1 is 0.864 bits per heavy atom. The molecule has 0 bridgehead atoms. The lowest BCUT2D eigenvalue weighted by Crippen LogP contribution is -2.15. The molecule has 5 heteroatoms. The number of hydrogen-bond donors (Lipinski definition) is 2. The number of nitrogens with zero attached hydrogens (tertiary/aromatic N) is 1. The molecule has 112 valence electrons. The van der Waals surface area contributed by atoms with Gasteiger partial charge in [0.15, 0.2) is 0 Å². The van der Waals surface area contributed by atoms with Crippen molar-refractivity contribution in [3.05, 3.63) is 65.7 Å².